The number of carbonyl (C=O) groups excluding carboxylic acids is 1. The Labute approximate surface area is 84.5 Å². The van der Waals surface area contributed by atoms with Gasteiger partial charge in [0.25, 0.3) is 0 Å². The molecule has 0 heterocycles. The van der Waals surface area contributed by atoms with Crippen LogP contribution in [0.4, 0.5) is 4.79 Å². The van der Waals surface area contributed by atoms with Crippen molar-refractivity contribution in [3.8, 4) is 0 Å². The Morgan fingerprint density at radius 2 is 1.79 bits per heavy atom. The van der Waals surface area contributed by atoms with Crippen LogP contribution in [0.1, 0.15) is 6.42 Å². The van der Waals surface area contributed by atoms with Crippen molar-refractivity contribution >= 4 is 14.9 Å². The molecule has 1 N–H and O–H groups in total. The third kappa shape index (κ3) is 4.56. The highest BCUT2D eigenvalue weighted by molar-refractivity contribution is 6.60. The van der Waals surface area contributed by atoms with E-state index in [1.807, 2.05) is 0 Å². The molecule has 14 heavy (non-hydrogen) atoms. The van der Waals surface area contributed by atoms with Crippen LogP contribution in [0.15, 0.2) is 0 Å². The second kappa shape index (κ2) is 6.77. The van der Waals surface area contributed by atoms with Crippen molar-refractivity contribution < 1.29 is 23.2 Å². The minimum Gasteiger partial charge on any atom is -0.530 e. The summed E-state index contributed by atoms with van der Waals surface area (Å²) in [6.45, 7) is 0.313. The molecule has 0 aromatic carbocycles. The molecule has 6 nitrogen and oxygen atoms in total. The Morgan fingerprint density at radius 3 is 2.14 bits per heavy atom. The zero-order chi connectivity index (χ0) is 11.0. The molecule has 0 aliphatic heterocycles. The fraction of sp³-hybridized carbons (Fsp3) is 0.857. The van der Waals surface area contributed by atoms with E-state index in [-0.39, 0.29) is 0 Å². The van der Waals surface area contributed by atoms with Gasteiger partial charge in [0.15, 0.2) is 0 Å². The standard InChI is InChI=1S/C7H17NO5Si/c1-11-14(12-2,13-3)6-4-5-8-7(9)10/h8H,4-6H2,1-3H3,(H,9,10)/p-1. The van der Waals surface area contributed by atoms with Crippen molar-refractivity contribution in [1.82, 2.24) is 5.32 Å². The van der Waals surface area contributed by atoms with Crippen LogP contribution in [0.3, 0.4) is 0 Å². The molecule has 0 aromatic heterocycles. The van der Waals surface area contributed by atoms with Crippen LogP contribution in [0.25, 0.3) is 0 Å². The van der Waals surface area contributed by atoms with Gasteiger partial charge >= 0.3 is 8.80 Å². The molecule has 0 rings (SSSR count). The average molecular weight is 222 g/mol. The van der Waals surface area contributed by atoms with Crippen LogP contribution in [0.5, 0.6) is 0 Å². The molecule has 0 saturated heterocycles. The van der Waals surface area contributed by atoms with Gasteiger partial charge < -0.3 is 28.5 Å². The van der Waals surface area contributed by atoms with Gasteiger partial charge in [-0.2, -0.15) is 0 Å². The lowest BCUT2D eigenvalue weighted by Gasteiger charge is -2.24. The summed E-state index contributed by atoms with van der Waals surface area (Å²) in [5.74, 6) is 0. The van der Waals surface area contributed by atoms with E-state index in [4.69, 9.17) is 13.3 Å². The monoisotopic (exact) mass is 222 g/mol. The van der Waals surface area contributed by atoms with E-state index in [0.29, 0.717) is 19.0 Å². The lowest BCUT2D eigenvalue weighted by Crippen LogP contribution is -2.44. The third-order valence-corrected chi connectivity index (χ3v) is 4.69. The molecule has 0 saturated carbocycles. The average Bonchev–Trinajstić information content (AvgIpc) is 2.19. The van der Waals surface area contributed by atoms with E-state index < -0.39 is 14.9 Å². The Bertz CT molecular complexity index is 165. The van der Waals surface area contributed by atoms with Gasteiger partial charge in [-0.3, -0.25) is 0 Å². The summed E-state index contributed by atoms with van der Waals surface area (Å²) in [6.07, 6.45) is -0.681. The first-order valence-electron chi connectivity index (χ1n) is 4.20. The van der Waals surface area contributed by atoms with Gasteiger partial charge in [0.05, 0.1) is 0 Å². The van der Waals surface area contributed by atoms with Crippen molar-refractivity contribution in [3.63, 3.8) is 0 Å². The normalized spacial score (nSPS) is 11.4. The quantitative estimate of drug-likeness (QED) is 0.450. The van der Waals surface area contributed by atoms with Crippen molar-refractivity contribution in [1.29, 1.82) is 0 Å². The van der Waals surface area contributed by atoms with Crippen LogP contribution in [-0.4, -0.2) is 42.8 Å². The van der Waals surface area contributed by atoms with Crippen LogP contribution < -0.4 is 10.4 Å². The van der Waals surface area contributed by atoms with Gasteiger partial charge in [-0.15, -0.1) is 0 Å². The Hall–Kier alpha value is -0.633. The second-order valence-electron chi connectivity index (χ2n) is 2.61. The second-order valence-corrected chi connectivity index (χ2v) is 5.70. The van der Waals surface area contributed by atoms with Crippen LogP contribution in [0.2, 0.25) is 6.04 Å². The first-order chi connectivity index (χ1) is 6.60. The number of hydrogen-bond donors (Lipinski definition) is 1. The summed E-state index contributed by atoms with van der Waals surface area (Å²) in [6, 6.07) is 0.566. The first-order valence-corrected chi connectivity index (χ1v) is 6.13. The van der Waals surface area contributed by atoms with Crippen molar-refractivity contribution in [2.24, 2.45) is 0 Å². The molecule has 84 valence electrons. The maximum Gasteiger partial charge on any atom is 0.500 e. The summed E-state index contributed by atoms with van der Waals surface area (Å²) in [5, 5.41) is 12.2. The molecule has 0 radical (unpaired) electrons. The molecule has 0 aromatic rings. The highest BCUT2D eigenvalue weighted by atomic mass is 28.4. The number of rotatable bonds is 7. The maximum absolute atomic E-state index is 10.0. The smallest absolute Gasteiger partial charge is 0.500 e. The zero-order valence-electron chi connectivity index (χ0n) is 8.66. The molecular weight excluding hydrogens is 206 g/mol. The number of carboxylic acid groups (broad SMARTS) is 1. The Balaban J connectivity index is 3.77. The lowest BCUT2D eigenvalue weighted by molar-refractivity contribution is -0.250. The lowest BCUT2D eigenvalue weighted by atomic mass is 10.5. The minimum atomic E-state index is -2.54. The summed E-state index contributed by atoms with van der Waals surface area (Å²) in [7, 11) is 2.01. The summed E-state index contributed by atoms with van der Waals surface area (Å²) >= 11 is 0. The largest absolute Gasteiger partial charge is 0.530 e. The van der Waals surface area contributed by atoms with Gasteiger partial charge in [0.2, 0.25) is 0 Å². The molecule has 1 amide bonds. The minimum absolute atomic E-state index is 0.313. The van der Waals surface area contributed by atoms with E-state index in [9.17, 15) is 9.90 Å². The fourth-order valence-corrected chi connectivity index (χ4v) is 2.77. The number of carbonyl (C=O) groups is 1. The highest BCUT2D eigenvalue weighted by Gasteiger charge is 2.36. The summed E-state index contributed by atoms with van der Waals surface area (Å²) in [5.41, 5.74) is 0. The number of amides is 1. The maximum atomic E-state index is 10.0. The fourth-order valence-electron chi connectivity index (χ4n) is 1.05. The van der Waals surface area contributed by atoms with Gasteiger partial charge in [0, 0.05) is 33.9 Å². The Kier molecular flexibility index (Phi) is 6.46. The molecule has 0 unspecified atom stereocenters. The predicted molar refractivity (Wildman–Crippen MR) is 49.6 cm³/mol. The van der Waals surface area contributed by atoms with E-state index in [1.165, 1.54) is 21.3 Å². The van der Waals surface area contributed by atoms with Crippen molar-refractivity contribution in [2.75, 3.05) is 27.9 Å². The van der Waals surface area contributed by atoms with Gasteiger partial charge in [-0.05, 0) is 6.42 Å². The summed E-state index contributed by atoms with van der Waals surface area (Å²) < 4.78 is 15.4. The number of hydrogen-bond acceptors (Lipinski definition) is 5. The van der Waals surface area contributed by atoms with Crippen LogP contribution in [-0.2, 0) is 13.3 Å². The molecule has 0 fully saturated rings. The van der Waals surface area contributed by atoms with Crippen LogP contribution >= 0.6 is 0 Å². The van der Waals surface area contributed by atoms with E-state index in [0.717, 1.165) is 0 Å². The third-order valence-electron chi connectivity index (χ3n) is 1.86. The topological polar surface area (TPSA) is 79.9 Å². The predicted octanol–water partition coefficient (Wildman–Crippen LogP) is -0.812. The van der Waals surface area contributed by atoms with E-state index in [2.05, 4.69) is 5.32 Å². The molecule has 7 heteroatoms. The highest BCUT2D eigenvalue weighted by Crippen LogP contribution is 2.13. The van der Waals surface area contributed by atoms with Crippen LogP contribution in [0, 0.1) is 0 Å². The van der Waals surface area contributed by atoms with E-state index >= 15 is 0 Å². The molecule has 0 atom stereocenters. The first kappa shape index (κ1) is 13.4. The van der Waals surface area contributed by atoms with E-state index in [1.54, 1.807) is 0 Å². The molecule has 0 spiro atoms. The van der Waals surface area contributed by atoms with Crippen molar-refractivity contribution in [2.45, 2.75) is 12.5 Å². The van der Waals surface area contributed by atoms with Gasteiger partial charge in [0.1, 0.15) is 6.09 Å². The van der Waals surface area contributed by atoms with Gasteiger partial charge in [-0.1, -0.05) is 0 Å². The van der Waals surface area contributed by atoms with Crippen molar-refractivity contribution in [3.05, 3.63) is 0 Å². The SMILES string of the molecule is CO[Si](CCCNC(=O)[O-])(OC)OC. The summed E-state index contributed by atoms with van der Waals surface area (Å²) in [4.78, 5) is 10.0. The molecule has 0 aliphatic carbocycles. The molecule has 0 aliphatic rings. The zero-order valence-corrected chi connectivity index (χ0v) is 9.66. The number of nitrogens with one attached hydrogen (secondary N) is 1. The Morgan fingerprint density at radius 1 is 1.29 bits per heavy atom. The molecule has 0 bridgehead atoms. The van der Waals surface area contributed by atoms with Gasteiger partial charge in [-0.25, -0.2) is 0 Å². The molecular formula is C7H16NO5Si-.